The quantitative estimate of drug-likeness (QED) is 0.388. The SMILES string of the molecule is F[Si](F)(F)[Si](c1ccccc1)(c1ccccc1)c1ccccc1. The molecule has 116 valence electrons. The second-order valence-corrected chi connectivity index (χ2v) is 13.5. The van der Waals surface area contributed by atoms with Gasteiger partial charge >= 0.3 is 8.59 Å². The fourth-order valence-corrected chi connectivity index (χ4v) is 11.6. The molecule has 5 heteroatoms. The Morgan fingerprint density at radius 2 is 0.696 bits per heavy atom. The molecule has 3 aromatic carbocycles. The van der Waals surface area contributed by atoms with Crippen molar-refractivity contribution in [2.45, 2.75) is 0 Å². The van der Waals surface area contributed by atoms with E-state index in [1.165, 1.54) is 0 Å². The van der Waals surface area contributed by atoms with Gasteiger partial charge in [-0.1, -0.05) is 91.0 Å². The van der Waals surface area contributed by atoms with E-state index in [-0.39, 0.29) is 0 Å². The van der Waals surface area contributed by atoms with Crippen molar-refractivity contribution in [3.8, 4) is 0 Å². The van der Waals surface area contributed by atoms with Crippen molar-refractivity contribution in [1.82, 2.24) is 0 Å². The maximum absolute atomic E-state index is 14.6. The van der Waals surface area contributed by atoms with Crippen LogP contribution < -0.4 is 15.6 Å². The molecule has 3 aromatic rings. The van der Waals surface area contributed by atoms with Crippen LogP contribution in [0, 0.1) is 0 Å². The van der Waals surface area contributed by atoms with E-state index in [0.717, 1.165) is 0 Å². The molecule has 0 radical (unpaired) electrons. The lowest BCUT2D eigenvalue weighted by Gasteiger charge is -2.33. The van der Waals surface area contributed by atoms with Gasteiger partial charge in [-0.15, -0.1) is 0 Å². The molecule has 0 bridgehead atoms. The van der Waals surface area contributed by atoms with Gasteiger partial charge in [0.25, 0.3) is 7.59 Å². The van der Waals surface area contributed by atoms with Crippen LogP contribution in [0.4, 0.5) is 12.3 Å². The summed E-state index contributed by atoms with van der Waals surface area (Å²) in [5, 5.41) is 1.24. The fraction of sp³-hybridized carbons (Fsp3) is 0. The van der Waals surface area contributed by atoms with Crippen LogP contribution in [0.3, 0.4) is 0 Å². The monoisotopic (exact) mass is 344 g/mol. The van der Waals surface area contributed by atoms with Gasteiger partial charge in [0.15, 0.2) is 0 Å². The van der Waals surface area contributed by atoms with Gasteiger partial charge in [0, 0.05) is 0 Å². The Labute approximate surface area is 135 Å². The average molecular weight is 344 g/mol. The van der Waals surface area contributed by atoms with Crippen LogP contribution in [0.25, 0.3) is 0 Å². The molecule has 0 aromatic heterocycles. The van der Waals surface area contributed by atoms with Crippen molar-refractivity contribution in [2.75, 3.05) is 0 Å². The van der Waals surface area contributed by atoms with E-state index in [1.54, 1.807) is 91.0 Å². The molecule has 0 heterocycles. The predicted molar refractivity (Wildman–Crippen MR) is 93.1 cm³/mol. The maximum Gasteiger partial charge on any atom is 0.597 e. The largest absolute Gasteiger partial charge is 0.597 e. The fourth-order valence-electron chi connectivity index (χ4n) is 3.06. The highest BCUT2D eigenvalue weighted by molar-refractivity contribution is 7.50. The molecule has 0 aliphatic carbocycles. The Kier molecular flexibility index (Phi) is 4.23. The molecule has 0 spiro atoms. The van der Waals surface area contributed by atoms with E-state index in [1.807, 2.05) is 0 Å². The molecular weight excluding hydrogens is 329 g/mol. The highest BCUT2D eigenvalue weighted by atomic mass is 29.3. The van der Waals surface area contributed by atoms with Gasteiger partial charge in [0.1, 0.15) is 0 Å². The van der Waals surface area contributed by atoms with Crippen molar-refractivity contribution < 1.29 is 12.3 Å². The third kappa shape index (κ3) is 2.66. The van der Waals surface area contributed by atoms with Crippen LogP contribution in [0.2, 0.25) is 0 Å². The summed E-state index contributed by atoms with van der Waals surface area (Å²) < 4.78 is 43.9. The molecule has 0 aliphatic rings. The molecule has 0 amide bonds. The summed E-state index contributed by atoms with van der Waals surface area (Å²) in [4.78, 5) is 0. The highest BCUT2D eigenvalue weighted by Gasteiger charge is 2.65. The first-order valence-corrected chi connectivity index (χ1v) is 11.9. The number of hydrogen-bond acceptors (Lipinski definition) is 0. The molecule has 0 unspecified atom stereocenters. The third-order valence-corrected chi connectivity index (χ3v) is 13.6. The minimum atomic E-state index is -6.02. The summed E-state index contributed by atoms with van der Waals surface area (Å²) in [7, 11) is -10.0. The van der Waals surface area contributed by atoms with E-state index < -0.39 is 16.2 Å². The summed E-state index contributed by atoms with van der Waals surface area (Å²) in [6.45, 7) is 0. The first-order valence-electron chi connectivity index (χ1n) is 7.30. The van der Waals surface area contributed by atoms with E-state index >= 15 is 0 Å². The maximum atomic E-state index is 14.6. The molecule has 0 N–H and O–H groups in total. The van der Waals surface area contributed by atoms with Gasteiger partial charge in [-0.25, -0.2) is 12.3 Å². The first-order chi connectivity index (χ1) is 11.1. The third-order valence-electron chi connectivity index (χ3n) is 4.05. The molecular formula is C18H15F3Si2. The van der Waals surface area contributed by atoms with Gasteiger partial charge in [0.2, 0.25) is 0 Å². The van der Waals surface area contributed by atoms with Gasteiger partial charge in [-0.3, -0.25) is 0 Å². The van der Waals surface area contributed by atoms with Crippen LogP contribution in [-0.2, 0) is 0 Å². The lowest BCUT2D eigenvalue weighted by atomic mass is 10.3. The van der Waals surface area contributed by atoms with Gasteiger partial charge in [0.05, 0.1) is 0 Å². The Bertz CT molecular complexity index is 660. The van der Waals surface area contributed by atoms with Crippen LogP contribution in [0.15, 0.2) is 91.0 Å². The summed E-state index contributed by atoms with van der Waals surface area (Å²) in [6, 6.07) is 25.3. The Hall–Kier alpha value is -2.12. The zero-order chi connectivity index (χ0) is 16.3. The minimum absolute atomic E-state index is 0.413. The molecule has 0 saturated carbocycles. The van der Waals surface area contributed by atoms with E-state index in [9.17, 15) is 12.3 Å². The Balaban J connectivity index is 2.41. The molecule has 0 saturated heterocycles. The number of benzene rings is 3. The van der Waals surface area contributed by atoms with Crippen molar-refractivity contribution in [1.29, 1.82) is 0 Å². The summed E-state index contributed by atoms with van der Waals surface area (Å²) in [6.07, 6.45) is 0. The van der Waals surface area contributed by atoms with Crippen molar-refractivity contribution in [2.24, 2.45) is 0 Å². The average Bonchev–Trinajstić information content (AvgIpc) is 2.57. The standard InChI is InChI=1S/C18H15F3Si2/c19-23(20,21)22(16-10-4-1-5-11-16,17-12-6-2-7-13-17)18-14-8-3-9-15-18/h1-15H. The topological polar surface area (TPSA) is 0 Å². The second kappa shape index (κ2) is 6.18. The lowest BCUT2D eigenvalue weighted by molar-refractivity contribution is 0.511. The predicted octanol–water partition coefficient (Wildman–Crippen LogP) is 3.08. The lowest BCUT2D eigenvalue weighted by Crippen LogP contribution is -2.78. The second-order valence-electron chi connectivity index (χ2n) is 5.35. The van der Waals surface area contributed by atoms with Crippen LogP contribution >= 0.6 is 0 Å². The Morgan fingerprint density at radius 1 is 0.435 bits per heavy atom. The van der Waals surface area contributed by atoms with E-state index in [0.29, 0.717) is 15.6 Å². The summed E-state index contributed by atoms with van der Waals surface area (Å²) in [5.74, 6) is 0. The minimum Gasteiger partial charge on any atom is -0.240 e. The van der Waals surface area contributed by atoms with Crippen LogP contribution in [-0.4, -0.2) is 16.2 Å². The van der Waals surface area contributed by atoms with E-state index in [2.05, 4.69) is 0 Å². The van der Waals surface area contributed by atoms with Gasteiger partial charge < -0.3 is 0 Å². The number of halogens is 3. The molecule has 0 fully saturated rings. The molecule has 0 atom stereocenters. The Morgan fingerprint density at radius 3 is 0.913 bits per heavy atom. The van der Waals surface area contributed by atoms with Crippen molar-refractivity contribution >= 4 is 31.7 Å². The summed E-state index contributed by atoms with van der Waals surface area (Å²) >= 11 is 0. The van der Waals surface area contributed by atoms with Crippen molar-refractivity contribution in [3.05, 3.63) is 91.0 Å². The zero-order valence-corrected chi connectivity index (χ0v) is 14.3. The van der Waals surface area contributed by atoms with Crippen LogP contribution in [0.5, 0.6) is 0 Å². The molecule has 0 aliphatic heterocycles. The molecule has 0 nitrogen and oxygen atoms in total. The first kappa shape index (κ1) is 15.8. The summed E-state index contributed by atoms with van der Waals surface area (Å²) in [5.41, 5.74) is 0. The molecule has 23 heavy (non-hydrogen) atoms. The normalized spacial score (nSPS) is 12.1. The number of hydrogen-bond donors (Lipinski definition) is 0. The zero-order valence-electron chi connectivity index (χ0n) is 12.3. The number of rotatable bonds is 4. The van der Waals surface area contributed by atoms with Gasteiger partial charge in [-0.2, -0.15) is 0 Å². The van der Waals surface area contributed by atoms with E-state index in [4.69, 9.17) is 0 Å². The molecule has 3 rings (SSSR count). The van der Waals surface area contributed by atoms with Crippen LogP contribution in [0.1, 0.15) is 0 Å². The highest BCUT2D eigenvalue weighted by Crippen LogP contribution is 2.24. The smallest absolute Gasteiger partial charge is 0.240 e. The van der Waals surface area contributed by atoms with Crippen molar-refractivity contribution in [3.63, 3.8) is 0 Å². The van der Waals surface area contributed by atoms with Gasteiger partial charge in [-0.05, 0) is 15.6 Å².